The summed E-state index contributed by atoms with van der Waals surface area (Å²) in [7, 11) is 0. The van der Waals surface area contributed by atoms with Crippen LogP contribution in [0.1, 0.15) is 50.4 Å². The first-order chi connectivity index (χ1) is 10.6. The SMILES string of the molecule is CCN(Cc1cnn(CC)c1)c1nc(C(C)C)ccc1C#N. The normalized spacial score (nSPS) is 10.7. The second kappa shape index (κ2) is 7.08. The van der Waals surface area contributed by atoms with Crippen molar-refractivity contribution in [1.29, 1.82) is 5.26 Å². The molecule has 0 fully saturated rings. The van der Waals surface area contributed by atoms with Crippen molar-refractivity contribution < 1.29 is 0 Å². The van der Waals surface area contributed by atoms with E-state index in [2.05, 4.69) is 43.8 Å². The van der Waals surface area contributed by atoms with Crippen LogP contribution in [0.4, 0.5) is 5.82 Å². The lowest BCUT2D eigenvalue weighted by Gasteiger charge is -2.23. The molecule has 5 heteroatoms. The second-order valence-electron chi connectivity index (χ2n) is 5.59. The van der Waals surface area contributed by atoms with Gasteiger partial charge in [-0.2, -0.15) is 10.4 Å². The zero-order valence-electron chi connectivity index (χ0n) is 13.7. The van der Waals surface area contributed by atoms with Crippen molar-refractivity contribution in [1.82, 2.24) is 14.8 Å². The minimum absolute atomic E-state index is 0.341. The van der Waals surface area contributed by atoms with Crippen LogP contribution in [-0.4, -0.2) is 21.3 Å². The lowest BCUT2D eigenvalue weighted by Crippen LogP contribution is -2.24. The quantitative estimate of drug-likeness (QED) is 0.820. The monoisotopic (exact) mass is 297 g/mol. The zero-order valence-corrected chi connectivity index (χ0v) is 13.7. The van der Waals surface area contributed by atoms with Gasteiger partial charge in [-0.1, -0.05) is 13.8 Å². The van der Waals surface area contributed by atoms with E-state index >= 15 is 0 Å². The molecule has 116 valence electrons. The third-order valence-corrected chi connectivity index (χ3v) is 3.67. The summed E-state index contributed by atoms with van der Waals surface area (Å²) in [6.45, 7) is 10.7. The average Bonchev–Trinajstić information content (AvgIpc) is 2.99. The minimum atomic E-state index is 0.341. The maximum absolute atomic E-state index is 9.37. The van der Waals surface area contributed by atoms with Crippen LogP contribution in [0.3, 0.4) is 0 Å². The van der Waals surface area contributed by atoms with Crippen LogP contribution in [0.2, 0.25) is 0 Å². The van der Waals surface area contributed by atoms with Gasteiger partial charge < -0.3 is 4.90 Å². The first-order valence-corrected chi connectivity index (χ1v) is 7.76. The van der Waals surface area contributed by atoms with Gasteiger partial charge in [-0.3, -0.25) is 4.68 Å². The molecule has 2 rings (SSSR count). The molecule has 0 aliphatic rings. The molecule has 0 atom stereocenters. The van der Waals surface area contributed by atoms with Gasteiger partial charge >= 0.3 is 0 Å². The molecule has 0 aliphatic heterocycles. The number of nitrogens with zero attached hydrogens (tertiary/aromatic N) is 5. The standard InChI is InChI=1S/C17H23N5/c1-5-21(11-14-10-19-22(6-2)12-14)17-15(9-18)7-8-16(20-17)13(3)4/h7-8,10,12-13H,5-6,11H2,1-4H3. The highest BCUT2D eigenvalue weighted by Gasteiger charge is 2.15. The van der Waals surface area contributed by atoms with E-state index in [1.54, 1.807) is 0 Å². The Morgan fingerprint density at radius 3 is 2.64 bits per heavy atom. The molecule has 5 nitrogen and oxygen atoms in total. The van der Waals surface area contributed by atoms with E-state index in [0.717, 1.165) is 30.2 Å². The molecule has 0 unspecified atom stereocenters. The fourth-order valence-electron chi connectivity index (χ4n) is 2.33. The highest BCUT2D eigenvalue weighted by Crippen LogP contribution is 2.23. The molecular formula is C17H23N5. The van der Waals surface area contributed by atoms with Crippen molar-refractivity contribution >= 4 is 5.82 Å². The van der Waals surface area contributed by atoms with Gasteiger partial charge in [0.25, 0.3) is 0 Å². The van der Waals surface area contributed by atoms with Crippen molar-refractivity contribution in [3.63, 3.8) is 0 Å². The van der Waals surface area contributed by atoms with E-state index < -0.39 is 0 Å². The maximum Gasteiger partial charge on any atom is 0.147 e. The van der Waals surface area contributed by atoms with Crippen molar-refractivity contribution in [3.8, 4) is 6.07 Å². The molecule has 0 bridgehead atoms. The summed E-state index contributed by atoms with van der Waals surface area (Å²) in [6, 6.07) is 6.06. The second-order valence-corrected chi connectivity index (χ2v) is 5.59. The minimum Gasteiger partial charge on any atom is -0.351 e. The van der Waals surface area contributed by atoms with Gasteiger partial charge in [0.05, 0.1) is 11.8 Å². The number of hydrogen-bond donors (Lipinski definition) is 0. The summed E-state index contributed by atoms with van der Waals surface area (Å²) in [4.78, 5) is 6.84. The molecule has 0 saturated carbocycles. The van der Waals surface area contributed by atoms with Gasteiger partial charge in [-0.25, -0.2) is 4.98 Å². The molecule has 0 spiro atoms. The third-order valence-electron chi connectivity index (χ3n) is 3.67. The Bertz CT molecular complexity index is 666. The summed E-state index contributed by atoms with van der Waals surface area (Å²) in [5.74, 6) is 1.11. The van der Waals surface area contributed by atoms with Crippen LogP contribution in [-0.2, 0) is 13.1 Å². The number of aryl methyl sites for hydroxylation is 1. The first-order valence-electron chi connectivity index (χ1n) is 7.76. The van der Waals surface area contributed by atoms with Gasteiger partial charge in [0.1, 0.15) is 11.9 Å². The van der Waals surface area contributed by atoms with Gasteiger partial charge in [0, 0.05) is 37.1 Å². The Labute approximate surface area is 132 Å². The largest absolute Gasteiger partial charge is 0.351 e. The van der Waals surface area contributed by atoms with Crippen molar-refractivity contribution in [2.75, 3.05) is 11.4 Å². The van der Waals surface area contributed by atoms with Crippen molar-refractivity contribution in [2.45, 2.75) is 46.7 Å². The predicted molar refractivity (Wildman–Crippen MR) is 87.7 cm³/mol. The Morgan fingerprint density at radius 1 is 1.32 bits per heavy atom. The summed E-state index contributed by atoms with van der Waals surface area (Å²) in [5, 5.41) is 13.7. The Morgan fingerprint density at radius 2 is 2.09 bits per heavy atom. The first kappa shape index (κ1) is 16.0. The molecule has 22 heavy (non-hydrogen) atoms. The number of aromatic nitrogens is 3. The van der Waals surface area contributed by atoms with E-state index in [1.165, 1.54) is 0 Å². The Hall–Kier alpha value is -2.35. The van der Waals surface area contributed by atoms with Gasteiger partial charge in [-0.15, -0.1) is 0 Å². The Kier molecular flexibility index (Phi) is 5.16. The molecule has 2 aromatic heterocycles. The number of anilines is 1. The predicted octanol–water partition coefficient (Wildman–Crippen LogP) is 3.32. The third kappa shape index (κ3) is 3.45. The zero-order chi connectivity index (χ0) is 16.1. The van der Waals surface area contributed by atoms with Crippen LogP contribution >= 0.6 is 0 Å². The fraction of sp³-hybridized carbons (Fsp3) is 0.471. The smallest absolute Gasteiger partial charge is 0.147 e. The summed E-state index contributed by atoms with van der Waals surface area (Å²) in [6.07, 6.45) is 3.92. The van der Waals surface area contributed by atoms with Crippen molar-refractivity contribution in [2.24, 2.45) is 0 Å². The van der Waals surface area contributed by atoms with Crippen LogP contribution in [0.15, 0.2) is 24.5 Å². The molecule has 0 radical (unpaired) electrons. The molecule has 0 N–H and O–H groups in total. The highest BCUT2D eigenvalue weighted by atomic mass is 15.3. The molecule has 0 saturated heterocycles. The van der Waals surface area contributed by atoms with Gasteiger partial charge in [0.2, 0.25) is 0 Å². The van der Waals surface area contributed by atoms with Crippen LogP contribution in [0.5, 0.6) is 0 Å². The molecule has 2 heterocycles. The number of pyridine rings is 1. The van der Waals surface area contributed by atoms with Crippen LogP contribution in [0.25, 0.3) is 0 Å². The summed E-state index contributed by atoms with van der Waals surface area (Å²) >= 11 is 0. The fourth-order valence-corrected chi connectivity index (χ4v) is 2.33. The van der Waals surface area contributed by atoms with Gasteiger partial charge in [-0.05, 0) is 31.9 Å². The number of nitriles is 1. The molecule has 2 aromatic rings. The van der Waals surface area contributed by atoms with Gasteiger partial charge in [0.15, 0.2) is 0 Å². The van der Waals surface area contributed by atoms with E-state index in [0.29, 0.717) is 18.0 Å². The lowest BCUT2D eigenvalue weighted by atomic mass is 10.1. The van der Waals surface area contributed by atoms with E-state index in [4.69, 9.17) is 4.98 Å². The van der Waals surface area contributed by atoms with Crippen LogP contribution in [0, 0.1) is 11.3 Å². The molecule has 0 aromatic carbocycles. The van der Waals surface area contributed by atoms with Crippen molar-refractivity contribution in [3.05, 3.63) is 41.3 Å². The molecule has 0 amide bonds. The average molecular weight is 297 g/mol. The van der Waals surface area contributed by atoms with Crippen LogP contribution < -0.4 is 4.90 Å². The Balaban J connectivity index is 2.33. The molecular weight excluding hydrogens is 274 g/mol. The molecule has 0 aliphatic carbocycles. The van der Waals surface area contributed by atoms with E-state index in [1.807, 2.05) is 29.2 Å². The van der Waals surface area contributed by atoms with E-state index in [9.17, 15) is 5.26 Å². The number of hydrogen-bond acceptors (Lipinski definition) is 4. The maximum atomic E-state index is 9.37. The highest BCUT2D eigenvalue weighted by molar-refractivity contribution is 5.54. The van der Waals surface area contributed by atoms with E-state index in [-0.39, 0.29) is 0 Å². The lowest BCUT2D eigenvalue weighted by molar-refractivity contribution is 0.658. The topological polar surface area (TPSA) is 57.7 Å². The number of rotatable bonds is 6. The summed E-state index contributed by atoms with van der Waals surface area (Å²) < 4.78 is 1.91. The summed E-state index contributed by atoms with van der Waals surface area (Å²) in [5.41, 5.74) is 2.76.